The number of esters is 1. The van der Waals surface area contributed by atoms with Gasteiger partial charge in [-0.3, -0.25) is 10.1 Å². The zero-order valence-corrected chi connectivity index (χ0v) is 16.8. The van der Waals surface area contributed by atoms with Crippen LogP contribution in [0.2, 0.25) is 0 Å². The molecule has 0 saturated carbocycles. The maximum Gasteiger partial charge on any atom is 0.346 e. The molecule has 0 saturated heterocycles. The number of carbonyl (C=O) groups is 1. The summed E-state index contributed by atoms with van der Waals surface area (Å²) in [6, 6.07) is 12.1. The van der Waals surface area contributed by atoms with E-state index in [1.165, 1.54) is 24.3 Å². The van der Waals surface area contributed by atoms with Gasteiger partial charge in [-0.25, -0.2) is 9.59 Å². The molecule has 0 aliphatic rings. The first-order valence-corrected chi connectivity index (χ1v) is 9.86. The molecule has 0 spiro atoms. The molecule has 2 aromatic heterocycles. The minimum absolute atomic E-state index is 0.113. The van der Waals surface area contributed by atoms with Gasteiger partial charge in [-0.1, -0.05) is 11.3 Å². The number of nitrogens with one attached hydrogen (secondary N) is 1. The third-order valence-electron chi connectivity index (χ3n) is 4.23. The van der Waals surface area contributed by atoms with E-state index in [1.807, 2.05) is 0 Å². The second-order valence-electron chi connectivity index (χ2n) is 6.26. The van der Waals surface area contributed by atoms with Crippen LogP contribution >= 0.6 is 11.3 Å². The van der Waals surface area contributed by atoms with Gasteiger partial charge in [0.2, 0.25) is 5.13 Å². The highest BCUT2D eigenvalue weighted by atomic mass is 32.1. The number of nitro groups is 1. The molecule has 11 heteroatoms. The zero-order chi connectivity index (χ0) is 22.0. The molecule has 4 aromatic rings. The van der Waals surface area contributed by atoms with Crippen LogP contribution in [0.5, 0.6) is 0 Å². The number of ether oxygens (including phenoxy) is 1. The third-order valence-corrected chi connectivity index (χ3v) is 5.10. The summed E-state index contributed by atoms with van der Waals surface area (Å²) in [5, 5.41) is 23.2. The maximum atomic E-state index is 12.3. The molecule has 2 aromatic carbocycles. The largest absolute Gasteiger partial charge is 0.462 e. The Kier molecular flexibility index (Phi) is 5.41. The van der Waals surface area contributed by atoms with Gasteiger partial charge in [0.1, 0.15) is 5.58 Å². The smallest absolute Gasteiger partial charge is 0.346 e. The molecule has 0 fully saturated rings. The minimum Gasteiger partial charge on any atom is -0.462 e. The number of hydrogen-bond donors (Lipinski definition) is 1. The van der Waals surface area contributed by atoms with Gasteiger partial charge in [-0.15, -0.1) is 10.2 Å². The Morgan fingerprint density at radius 1 is 1.19 bits per heavy atom. The van der Waals surface area contributed by atoms with Gasteiger partial charge < -0.3 is 14.5 Å². The van der Waals surface area contributed by atoms with E-state index < -0.39 is 16.5 Å². The van der Waals surface area contributed by atoms with Gasteiger partial charge in [0.05, 0.1) is 22.7 Å². The van der Waals surface area contributed by atoms with Crippen molar-refractivity contribution in [3.05, 3.63) is 74.6 Å². The lowest BCUT2D eigenvalue weighted by Gasteiger charge is -2.04. The van der Waals surface area contributed by atoms with Crippen LogP contribution in [0.3, 0.4) is 0 Å². The number of hydrogen-bond acceptors (Lipinski definition) is 10. The number of benzene rings is 2. The van der Waals surface area contributed by atoms with Crippen molar-refractivity contribution in [1.29, 1.82) is 0 Å². The van der Waals surface area contributed by atoms with Gasteiger partial charge in [0.25, 0.3) is 5.69 Å². The molecule has 1 N–H and O–H groups in total. The normalized spacial score (nSPS) is 10.7. The number of fused-ring (bicyclic) bond motifs is 1. The molecule has 156 valence electrons. The average molecular weight is 438 g/mol. The van der Waals surface area contributed by atoms with Gasteiger partial charge >= 0.3 is 11.6 Å². The van der Waals surface area contributed by atoms with Crippen LogP contribution in [-0.4, -0.2) is 27.7 Å². The first kappa shape index (κ1) is 20.2. The summed E-state index contributed by atoms with van der Waals surface area (Å²) in [6.07, 6.45) is 0. The van der Waals surface area contributed by atoms with Crippen molar-refractivity contribution >= 4 is 44.8 Å². The second kappa shape index (κ2) is 8.32. The third kappa shape index (κ3) is 4.26. The summed E-state index contributed by atoms with van der Waals surface area (Å²) >= 11 is 1.11. The molecule has 0 atom stereocenters. The first-order valence-electron chi connectivity index (χ1n) is 9.05. The molecule has 4 rings (SSSR count). The number of nitrogens with zero attached hydrogens (tertiary/aromatic N) is 3. The fourth-order valence-corrected chi connectivity index (χ4v) is 3.55. The van der Waals surface area contributed by atoms with E-state index in [1.54, 1.807) is 31.2 Å². The van der Waals surface area contributed by atoms with Crippen molar-refractivity contribution in [3.8, 4) is 10.6 Å². The number of aromatic nitrogens is 2. The molecule has 0 aliphatic carbocycles. The van der Waals surface area contributed by atoms with Crippen molar-refractivity contribution in [3.63, 3.8) is 0 Å². The second-order valence-corrected chi connectivity index (χ2v) is 7.24. The number of non-ortho nitro benzene ring substituents is 1. The van der Waals surface area contributed by atoms with Crippen molar-refractivity contribution in [2.24, 2.45) is 0 Å². The number of carbonyl (C=O) groups excluding carboxylic acids is 1. The monoisotopic (exact) mass is 438 g/mol. The van der Waals surface area contributed by atoms with Gasteiger partial charge in [0, 0.05) is 23.2 Å². The average Bonchev–Trinajstić information content (AvgIpc) is 3.21. The predicted molar refractivity (Wildman–Crippen MR) is 114 cm³/mol. The summed E-state index contributed by atoms with van der Waals surface area (Å²) in [5.41, 5.74) is 0.742. The van der Waals surface area contributed by atoms with Crippen LogP contribution in [0.4, 0.5) is 16.5 Å². The van der Waals surface area contributed by atoms with Gasteiger partial charge in [0.15, 0.2) is 5.01 Å². The Morgan fingerprint density at radius 2 is 1.97 bits per heavy atom. The van der Waals surface area contributed by atoms with Crippen LogP contribution in [0.15, 0.2) is 57.7 Å². The van der Waals surface area contributed by atoms with E-state index >= 15 is 0 Å². The number of rotatable bonds is 6. The molecule has 0 bridgehead atoms. The molecule has 10 nitrogen and oxygen atoms in total. The van der Waals surface area contributed by atoms with Crippen molar-refractivity contribution in [1.82, 2.24) is 10.2 Å². The fraction of sp³-hybridized carbons (Fsp3) is 0.100. The summed E-state index contributed by atoms with van der Waals surface area (Å²) in [5.74, 6) is -0.407. The standard InChI is InChI=1S/C20H14N4O6S/c1-2-29-18(25)11-3-5-13(6-4-11)21-20-23-22-17(31-20)15-10-12-9-14(24(27)28)7-8-16(12)30-19(15)26/h3-10H,2H2,1H3,(H,21,23). The van der Waals surface area contributed by atoms with E-state index in [4.69, 9.17) is 9.15 Å². The highest BCUT2D eigenvalue weighted by molar-refractivity contribution is 7.18. The Morgan fingerprint density at radius 3 is 2.68 bits per heavy atom. The van der Waals surface area contributed by atoms with E-state index in [0.717, 1.165) is 11.3 Å². The van der Waals surface area contributed by atoms with Crippen LogP contribution in [0.1, 0.15) is 17.3 Å². The fourth-order valence-electron chi connectivity index (χ4n) is 2.78. The van der Waals surface area contributed by atoms with Gasteiger partial charge in [-0.2, -0.15) is 0 Å². The molecule has 31 heavy (non-hydrogen) atoms. The number of anilines is 2. The Hall–Kier alpha value is -4.12. The summed E-state index contributed by atoms with van der Waals surface area (Å²) < 4.78 is 10.2. The van der Waals surface area contributed by atoms with Crippen LogP contribution < -0.4 is 10.9 Å². The topological polar surface area (TPSA) is 137 Å². The maximum absolute atomic E-state index is 12.3. The van der Waals surface area contributed by atoms with Crippen LogP contribution in [0, 0.1) is 10.1 Å². The van der Waals surface area contributed by atoms with E-state index in [0.29, 0.717) is 33.4 Å². The quantitative estimate of drug-likeness (QED) is 0.204. The van der Waals surface area contributed by atoms with Crippen molar-refractivity contribution in [2.75, 3.05) is 11.9 Å². The lowest BCUT2D eigenvalue weighted by molar-refractivity contribution is -0.384. The van der Waals surface area contributed by atoms with E-state index in [2.05, 4.69) is 15.5 Å². The number of nitro benzene ring substituents is 1. The molecular formula is C20H14N4O6S. The Balaban J connectivity index is 1.59. The first-order chi connectivity index (χ1) is 14.9. The minimum atomic E-state index is -0.622. The lowest BCUT2D eigenvalue weighted by atomic mass is 10.2. The molecular weight excluding hydrogens is 424 g/mol. The van der Waals surface area contributed by atoms with Gasteiger partial charge in [-0.05, 0) is 43.3 Å². The van der Waals surface area contributed by atoms with Crippen molar-refractivity contribution in [2.45, 2.75) is 6.92 Å². The molecule has 0 aliphatic heterocycles. The van der Waals surface area contributed by atoms with Crippen LogP contribution in [-0.2, 0) is 4.74 Å². The molecule has 0 amide bonds. The molecule has 0 radical (unpaired) electrons. The Bertz CT molecular complexity index is 1350. The molecule has 0 unspecified atom stereocenters. The molecule has 2 heterocycles. The zero-order valence-electron chi connectivity index (χ0n) is 16.0. The Labute approximate surface area is 178 Å². The predicted octanol–water partition coefficient (Wildman–Crippen LogP) is 4.14. The van der Waals surface area contributed by atoms with E-state index in [9.17, 15) is 19.7 Å². The lowest BCUT2D eigenvalue weighted by Crippen LogP contribution is -2.04. The van der Waals surface area contributed by atoms with Crippen LogP contribution in [0.25, 0.3) is 21.5 Å². The summed E-state index contributed by atoms with van der Waals surface area (Å²) in [7, 11) is 0. The SMILES string of the molecule is CCOC(=O)c1ccc(Nc2nnc(-c3cc4cc([N+](=O)[O-])ccc4oc3=O)s2)cc1. The highest BCUT2D eigenvalue weighted by Crippen LogP contribution is 2.29. The summed E-state index contributed by atoms with van der Waals surface area (Å²) in [6.45, 7) is 2.03. The summed E-state index contributed by atoms with van der Waals surface area (Å²) in [4.78, 5) is 34.5. The van der Waals surface area contributed by atoms with Crippen molar-refractivity contribution < 1.29 is 18.9 Å². The van der Waals surface area contributed by atoms with E-state index in [-0.39, 0.29) is 16.8 Å². The highest BCUT2D eigenvalue weighted by Gasteiger charge is 2.15.